The van der Waals surface area contributed by atoms with Gasteiger partial charge in [0.25, 0.3) is 11.5 Å². The molecule has 0 fully saturated rings. The molecule has 0 unspecified atom stereocenters. The number of aromatic amines is 1. The zero-order valence-corrected chi connectivity index (χ0v) is 17.8. The minimum Gasteiger partial charge on any atom is -0.330 e. The Hall–Kier alpha value is -3.23. The van der Waals surface area contributed by atoms with Gasteiger partial charge in [-0.2, -0.15) is 9.77 Å². The molecule has 0 spiro atoms. The number of aromatic nitrogens is 4. The molecule has 152 valence electrons. The van der Waals surface area contributed by atoms with Gasteiger partial charge in [-0.25, -0.2) is 0 Å². The minimum atomic E-state index is -0.444. The second-order valence-corrected chi connectivity index (χ2v) is 7.66. The van der Waals surface area contributed by atoms with Crippen LogP contribution in [0.15, 0.2) is 53.3 Å². The van der Waals surface area contributed by atoms with Crippen LogP contribution in [-0.2, 0) is 6.54 Å². The molecule has 2 N–H and O–H groups in total. The van der Waals surface area contributed by atoms with Crippen LogP contribution in [0.25, 0.3) is 10.9 Å². The van der Waals surface area contributed by atoms with Crippen molar-refractivity contribution in [2.45, 2.75) is 20.4 Å². The van der Waals surface area contributed by atoms with Crippen molar-refractivity contribution >= 4 is 40.6 Å². The molecular formula is C21H18ClN5O2S. The summed E-state index contributed by atoms with van der Waals surface area (Å²) < 4.78 is 2.95. The first kappa shape index (κ1) is 20.1. The summed E-state index contributed by atoms with van der Waals surface area (Å²) in [5.74, 6) is -0.444. The lowest BCUT2D eigenvalue weighted by Gasteiger charge is -2.11. The van der Waals surface area contributed by atoms with Gasteiger partial charge in [-0.05, 0) is 55.9 Å². The van der Waals surface area contributed by atoms with E-state index in [1.165, 1.54) is 0 Å². The molecule has 0 aliphatic heterocycles. The van der Waals surface area contributed by atoms with Gasteiger partial charge in [-0.1, -0.05) is 35.9 Å². The third-order valence-electron chi connectivity index (χ3n) is 4.83. The number of benzene rings is 2. The van der Waals surface area contributed by atoms with Gasteiger partial charge < -0.3 is 4.98 Å². The highest BCUT2D eigenvalue weighted by atomic mass is 35.5. The van der Waals surface area contributed by atoms with Crippen LogP contribution in [0, 0.1) is 18.6 Å². The Balaban J connectivity index is 1.63. The number of nitrogens with one attached hydrogen (secondary N) is 2. The summed E-state index contributed by atoms with van der Waals surface area (Å²) in [5, 5.41) is 5.49. The first-order valence-electron chi connectivity index (χ1n) is 9.19. The van der Waals surface area contributed by atoms with Crippen molar-refractivity contribution in [3.05, 3.63) is 91.2 Å². The molecule has 0 aliphatic carbocycles. The van der Waals surface area contributed by atoms with Gasteiger partial charge in [0.05, 0.1) is 33.9 Å². The zero-order valence-electron chi connectivity index (χ0n) is 16.3. The van der Waals surface area contributed by atoms with Crippen LogP contribution in [0.1, 0.15) is 27.3 Å². The third-order valence-corrected chi connectivity index (χ3v) is 5.66. The van der Waals surface area contributed by atoms with E-state index in [1.807, 2.05) is 19.9 Å². The number of aryl methyl sites for hydroxylation is 1. The van der Waals surface area contributed by atoms with Crippen molar-refractivity contribution in [1.82, 2.24) is 19.4 Å². The maximum atomic E-state index is 12.8. The maximum Gasteiger partial charge on any atom is 0.281 e. The Morgan fingerprint density at radius 2 is 1.97 bits per heavy atom. The molecule has 2 heterocycles. The van der Waals surface area contributed by atoms with Crippen LogP contribution in [0.5, 0.6) is 0 Å². The highest BCUT2D eigenvalue weighted by Gasteiger charge is 2.13. The van der Waals surface area contributed by atoms with Gasteiger partial charge in [0.15, 0.2) is 4.77 Å². The number of halogens is 1. The van der Waals surface area contributed by atoms with E-state index in [1.54, 1.807) is 47.1 Å². The standard InChI is InChI=1S/C21H18ClN5O2S/c1-12-18(22)13(2)26(24-12)11-14-6-5-7-15(10-14)19(28)25-27-20(29)16-8-3-4-9-17(16)23-21(27)30/h3-10H,11H2,1-2H3,(H,23,30)(H,25,28). The molecule has 0 saturated carbocycles. The second kappa shape index (κ2) is 7.89. The third kappa shape index (κ3) is 3.67. The summed E-state index contributed by atoms with van der Waals surface area (Å²) in [7, 11) is 0. The summed E-state index contributed by atoms with van der Waals surface area (Å²) in [6, 6.07) is 14.1. The molecule has 0 atom stereocenters. The highest BCUT2D eigenvalue weighted by molar-refractivity contribution is 7.71. The minimum absolute atomic E-state index is 0.112. The molecule has 2 aromatic carbocycles. The Labute approximate surface area is 181 Å². The van der Waals surface area contributed by atoms with E-state index in [4.69, 9.17) is 23.8 Å². The second-order valence-electron chi connectivity index (χ2n) is 6.90. The maximum absolute atomic E-state index is 12.8. The molecule has 2 aromatic heterocycles. The number of para-hydroxylation sites is 1. The molecule has 0 radical (unpaired) electrons. The smallest absolute Gasteiger partial charge is 0.281 e. The molecular weight excluding hydrogens is 422 g/mol. The monoisotopic (exact) mass is 439 g/mol. The summed E-state index contributed by atoms with van der Waals surface area (Å²) in [6.45, 7) is 4.21. The number of amides is 1. The quantitative estimate of drug-likeness (QED) is 0.471. The molecule has 0 bridgehead atoms. The van der Waals surface area contributed by atoms with E-state index in [9.17, 15) is 9.59 Å². The molecule has 0 saturated heterocycles. The summed E-state index contributed by atoms with van der Waals surface area (Å²) in [5.41, 5.74) is 5.70. The molecule has 7 nitrogen and oxygen atoms in total. The van der Waals surface area contributed by atoms with E-state index in [0.29, 0.717) is 28.0 Å². The topological polar surface area (TPSA) is 84.7 Å². The zero-order chi connectivity index (χ0) is 21.4. The lowest BCUT2D eigenvalue weighted by Crippen LogP contribution is -2.34. The number of hydrogen-bond donors (Lipinski definition) is 2. The van der Waals surface area contributed by atoms with Crippen LogP contribution in [-0.4, -0.2) is 25.3 Å². The average Bonchev–Trinajstić information content (AvgIpc) is 2.97. The lowest BCUT2D eigenvalue weighted by atomic mass is 10.1. The van der Waals surface area contributed by atoms with Crippen molar-refractivity contribution in [3.8, 4) is 0 Å². The fourth-order valence-electron chi connectivity index (χ4n) is 3.24. The van der Waals surface area contributed by atoms with Crippen LogP contribution < -0.4 is 11.0 Å². The average molecular weight is 440 g/mol. The molecule has 4 aromatic rings. The number of carbonyl (C=O) groups excluding carboxylic acids is 1. The number of rotatable bonds is 4. The first-order chi connectivity index (χ1) is 14.3. The Kier molecular flexibility index (Phi) is 5.27. The molecule has 30 heavy (non-hydrogen) atoms. The fourth-order valence-corrected chi connectivity index (χ4v) is 3.62. The summed E-state index contributed by atoms with van der Waals surface area (Å²) >= 11 is 11.5. The predicted octanol–water partition coefficient (Wildman–Crippen LogP) is 3.96. The predicted molar refractivity (Wildman–Crippen MR) is 119 cm³/mol. The largest absolute Gasteiger partial charge is 0.330 e. The van der Waals surface area contributed by atoms with E-state index in [2.05, 4.69) is 15.5 Å². The van der Waals surface area contributed by atoms with Gasteiger partial charge in [0, 0.05) is 5.56 Å². The van der Waals surface area contributed by atoms with Gasteiger partial charge >= 0.3 is 0 Å². The van der Waals surface area contributed by atoms with Gasteiger partial charge in [-0.15, -0.1) is 0 Å². The molecule has 4 rings (SSSR count). The molecule has 9 heteroatoms. The summed E-state index contributed by atoms with van der Waals surface area (Å²) in [6.07, 6.45) is 0. The van der Waals surface area contributed by atoms with Gasteiger partial charge in [-0.3, -0.25) is 19.7 Å². The molecule has 1 amide bonds. The van der Waals surface area contributed by atoms with Crippen molar-refractivity contribution in [2.24, 2.45) is 0 Å². The number of fused-ring (bicyclic) bond motifs is 1. The Bertz CT molecular complexity index is 1400. The van der Waals surface area contributed by atoms with Gasteiger partial charge in [0.1, 0.15) is 0 Å². The number of hydrogen-bond acceptors (Lipinski definition) is 4. The van der Waals surface area contributed by atoms with E-state index in [0.717, 1.165) is 21.6 Å². The van der Waals surface area contributed by atoms with Crippen molar-refractivity contribution in [1.29, 1.82) is 0 Å². The Morgan fingerprint density at radius 1 is 1.20 bits per heavy atom. The van der Waals surface area contributed by atoms with Crippen LogP contribution in [0.3, 0.4) is 0 Å². The number of carbonyl (C=O) groups is 1. The lowest BCUT2D eigenvalue weighted by molar-refractivity contribution is 0.101. The van der Waals surface area contributed by atoms with Crippen LogP contribution >= 0.6 is 23.8 Å². The number of nitrogens with zero attached hydrogens (tertiary/aromatic N) is 3. The van der Waals surface area contributed by atoms with Gasteiger partial charge in [0.2, 0.25) is 0 Å². The first-order valence-corrected chi connectivity index (χ1v) is 9.97. The normalized spacial score (nSPS) is 11.0. The number of H-pyrrole nitrogens is 1. The van der Waals surface area contributed by atoms with Crippen molar-refractivity contribution in [2.75, 3.05) is 5.43 Å². The Morgan fingerprint density at radius 3 is 2.70 bits per heavy atom. The summed E-state index contributed by atoms with van der Waals surface area (Å²) in [4.78, 5) is 28.5. The van der Waals surface area contributed by atoms with Crippen LogP contribution in [0.2, 0.25) is 5.02 Å². The van der Waals surface area contributed by atoms with E-state index >= 15 is 0 Å². The van der Waals surface area contributed by atoms with Crippen molar-refractivity contribution < 1.29 is 4.79 Å². The van der Waals surface area contributed by atoms with Crippen molar-refractivity contribution in [3.63, 3.8) is 0 Å². The SMILES string of the molecule is Cc1nn(Cc2cccc(C(=O)Nn3c(=S)[nH]c4ccccc4c3=O)c2)c(C)c1Cl. The van der Waals surface area contributed by atoms with E-state index in [-0.39, 0.29) is 4.77 Å². The molecule has 0 aliphatic rings. The van der Waals surface area contributed by atoms with Crippen LogP contribution in [0.4, 0.5) is 0 Å². The van der Waals surface area contributed by atoms with E-state index < -0.39 is 11.5 Å². The highest BCUT2D eigenvalue weighted by Crippen LogP contribution is 2.20. The fraction of sp³-hybridized carbons (Fsp3) is 0.143.